The van der Waals surface area contributed by atoms with Crippen LogP contribution in [0.15, 0.2) is 88.7 Å². The fraction of sp³-hybridized carbons (Fsp3) is 0.174. The number of nitrogens with one attached hydrogen (secondary N) is 1. The Morgan fingerprint density at radius 2 is 1.63 bits per heavy atom. The standard InChI is InChI=1S/C23H23NO2S/c1-3-21(26-18-15-13-17(2)14-16-18)23(25)24-20-11-7-8-12-22(20)27-19-9-5-4-6-10-19/h4-16,21H,3H2,1-2H3,(H,24,25)/t21-/m1/s1. The van der Waals surface area contributed by atoms with Crippen molar-refractivity contribution in [3.63, 3.8) is 0 Å². The number of carbonyl (C=O) groups excluding carboxylic acids is 1. The largest absolute Gasteiger partial charge is 0.481 e. The zero-order chi connectivity index (χ0) is 19.1. The first-order valence-corrected chi connectivity index (χ1v) is 9.83. The topological polar surface area (TPSA) is 38.3 Å². The highest BCUT2D eigenvalue weighted by molar-refractivity contribution is 7.99. The van der Waals surface area contributed by atoms with Gasteiger partial charge in [-0.2, -0.15) is 0 Å². The summed E-state index contributed by atoms with van der Waals surface area (Å²) in [7, 11) is 0. The van der Waals surface area contributed by atoms with Crippen LogP contribution in [-0.4, -0.2) is 12.0 Å². The second-order valence-corrected chi connectivity index (χ2v) is 7.34. The molecule has 138 valence electrons. The molecule has 1 amide bonds. The Balaban J connectivity index is 1.71. The molecule has 1 atom stereocenters. The van der Waals surface area contributed by atoms with E-state index in [4.69, 9.17) is 4.74 Å². The number of ether oxygens (including phenoxy) is 1. The molecular weight excluding hydrogens is 354 g/mol. The number of aryl methyl sites for hydroxylation is 1. The van der Waals surface area contributed by atoms with Crippen LogP contribution in [0.3, 0.4) is 0 Å². The number of amides is 1. The van der Waals surface area contributed by atoms with Gasteiger partial charge >= 0.3 is 0 Å². The maximum Gasteiger partial charge on any atom is 0.265 e. The molecule has 0 aromatic heterocycles. The smallest absolute Gasteiger partial charge is 0.265 e. The van der Waals surface area contributed by atoms with E-state index < -0.39 is 6.10 Å². The number of anilines is 1. The van der Waals surface area contributed by atoms with E-state index >= 15 is 0 Å². The van der Waals surface area contributed by atoms with Crippen LogP contribution in [0.1, 0.15) is 18.9 Å². The Labute approximate surface area is 164 Å². The van der Waals surface area contributed by atoms with Crippen LogP contribution in [0.25, 0.3) is 0 Å². The Bertz CT molecular complexity index is 878. The van der Waals surface area contributed by atoms with E-state index in [1.807, 2.05) is 80.6 Å². The van der Waals surface area contributed by atoms with Crippen molar-refractivity contribution in [2.75, 3.05) is 5.32 Å². The van der Waals surface area contributed by atoms with E-state index in [2.05, 4.69) is 17.4 Å². The number of para-hydroxylation sites is 1. The van der Waals surface area contributed by atoms with Gasteiger partial charge in [-0.05, 0) is 49.7 Å². The van der Waals surface area contributed by atoms with Crippen LogP contribution < -0.4 is 10.1 Å². The van der Waals surface area contributed by atoms with E-state index in [0.29, 0.717) is 12.2 Å². The van der Waals surface area contributed by atoms with Gasteiger partial charge in [0.2, 0.25) is 0 Å². The minimum absolute atomic E-state index is 0.140. The molecule has 27 heavy (non-hydrogen) atoms. The molecule has 1 N–H and O–H groups in total. The molecule has 0 saturated heterocycles. The second kappa shape index (κ2) is 9.28. The Morgan fingerprint density at radius 3 is 2.33 bits per heavy atom. The van der Waals surface area contributed by atoms with Crippen LogP contribution in [-0.2, 0) is 4.79 Å². The molecule has 0 radical (unpaired) electrons. The highest BCUT2D eigenvalue weighted by Gasteiger charge is 2.19. The SMILES string of the molecule is CC[C@@H](Oc1ccc(C)cc1)C(=O)Nc1ccccc1Sc1ccccc1. The van der Waals surface area contributed by atoms with Gasteiger partial charge in [-0.15, -0.1) is 0 Å². The molecule has 3 nitrogen and oxygen atoms in total. The van der Waals surface area contributed by atoms with Crippen LogP contribution in [0.5, 0.6) is 5.75 Å². The van der Waals surface area contributed by atoms with Crippen molar-refractivity contribution in [1.29, 1.82) is 0 Å². The summed E-state index contributed by atoms with van der Waals surface area (Å²) in [5.74, 6) is 0.564. The molecule has 0 bridgehead atoms. The first kappa shape index (κ1) is 19.1. The molecule has 0 aliphatic heterocycles. The van der Waals surface area contributed by atoms with Crippen LogP contribution in [0, 0.1) is 6.92 Å². The summed E-state index contributed by atoms with van der Waals surface area (Å²) in [5.41, 5.74) is 1.95. The summed E-state index contributed by atoms with van der Waals surface area (Å²) in [6, 6.07) is 25.7. The van der Waals surface area contributed by atoms with Crippen molar-refractivity contribution < 1.29 is 9.53 Å². The number of carbonyl (C=O) groups is 1. The van der Waals surface area contributed by atoms with Gasteiger partial charge in [0.25, 0.3) is 5.91 Å². The number of hydrogen-bond donors (Lipinski definition) is 1. The van der Waals surface area contributed by atoms with Gasteiger partial charge in [0, 0.05) is 9.79 Å². The number of benzene rings is 3. The average Bonchev–Trinajstić information content (AvgIpc) is 2.70. The zero-order valence-electron chi connectivity index (χ0n) is 15.5. The van der Waals surface area contributed by atoms with Crippen LogP contribution in [0.4, 0.5) is 5.69 Å². The Kier molecular flexibility index (Phi) is 6.55. The summed E-state index contributed by atoms with van der Waals surface area (Å²) in [5, 5.41) is 3.03. The quantitative estimate of drug-likeness (QED) is 0.553. The third kappa shape index (κ3) is 5.38. The zero-order valence-corrected chi connectivity index (χ0v) is 16.3. The van der Waals surface area contributed by atoms with E-state index in [1.54, 1.807) is 11.8 Å². The molecule has 0 fully saturated rings. The second-order valence-electron chi connectivity index (χ2n) is 6.23. The van der Waals surface area contributed by atoms with Gasteiger partial charge in [0.1, 0.15) is 5.75 Å². The van der Waals surface area contributed by atoms with Crippen molar-refractivity contribution in [3.05, 3.63) is 84.4 Å². The molecule has 0 heterocycles. The highest BCUT2D eigenvalue weighted by atomic mass is 32.2. The lowest BCUT2D eigenvalue weighted by Crippen LogP contribution is -2.32. The van der Waals surface area contributed by atoms with Gasteiger partial charge < -0.3 is 10.1 Å². The predicted molar refractivity (Wildman–Crippen MR) is 112 cm³/mol. The van der Waals surface area contributed by atoms with Gasteiger partial charge in [-0.25, -0.2) is 0 Å². The fourth-order valence-corrected chi connectivity index (χ4v) is 3.51. The summed E-state index contributed by atoms with van der Waals surface area (Å²) >= 11 is 1.63. The molecule has 3 aromatic rings. The lowest BCUT2D eigenvalue weighted by Gasteiger charge is -2.18. The third-order valence-electron chi connectivity index (χ3n) is 4.08. The molecule has 0 spiro atoms. The summed E-state index contributed by atoms with van der Waals surface area (Å²) in [6.45, 7) is 3.97. The maximum absolute atomic E-state index is 12.8. The first-order valence-electron chi connectivity index (χ1n) is 9.02. The van der Waals surface area contributed by atoms with E-state index in [9.17, 15) is 4.79 Å². The minimum Gasteiger partial charge on any atom is -0.481 e. The van der Waals surface area contributed by atoms with Crippen molar-refractivity contribution in [1.82, 2.24) is 0 Å². The molecule has 0 saturated carbocycles. The highest BCUT2D eigenvalue weighted by Crippen LogP contribution is 2.33. The molecule has 0 aliphatic rings. The molecule has 4 heteroatoms. The lowest BCUT2D eigenvalue weighted by atomic mass is 10.2. The van der Waals surface area contributed by atoms with Crippen molar-refractivity contribution in [3.8, 4) is 5.75 Å². The Hall–Kier alpha value is -2.72. The Morgan fingerprint density at radius 1 is 0.963 bits per heavy atom. The van der Waals surface area contributed by atoms with Gasteiger partial charge in [0.15, 0.2) is 6.10 Å². The lowest BCUT2D eigenvalue weighted by molar-refractivity contribution is -0.122. The molecule has 3 rings (SSSR count). The minimum atomic E-state index is -0.539. The maximum atomic E-state index is 12.8. The fourth-order valence-electron chi connectivity index (χ4n) is 2.59. The number of rotatable bonds is 7. The monoisotopic (exact) mass is 377 g/mol. The van der Waals surface area contributed by atoms with Gasteiger partial charge in [0.05, 0.1) is 5.69 Å². The summed E-state index contributed by atoms with van der Waals surface area (Å²) < 4.78 is 5.89. The van der Waals surface area contributed by atoms with E-state index in [0.717, 1.165) is 21.0 Å². The first-order chi connectivity index (χ1) is 13.2. The molecule has 3 aromatic carbocycles. The van der Waals surface area contributed by atoms with Crippen molar-refractivity contribution in [2.24, 2.45) is 0 Å². The predicted octanol–water partition coefficient (Wildman–Crippen LogP) is 5.94. The summed E-state index contributed by atoms with van der Waals surface area (Å²) in [6.07, 6.45) is 0.0516. The number of hydrogen-bond acceptors (Lipinski definition) is 3. The average molecular weight is 378 g/mol. The van der Waals surface area contributed by atoms with Gasteiger partial charge in [-0.3, -0.25) is 4.79 Å². The normalized spacial score (nSPS) is 11.6. The van der Waals surface area contributed by atoms with Gasteiger partial charge in [-0.1, -0.05) is 66.7 Å². The van der Waals surface area contributed by atoms with Crippen LogP contribution in [0.2, 0.25) is 0 Å². The van der Waals surface area contributed by atoms with E-state index in [-0.39, 0.29) is 5.91 Å². The van der Waals surface area contributed by atoms with Crippen LogP contribution >= 0.6 is 11.8 Å². The molecule has 0 aliphatic carbocycles. The van der Waals surface area contributed by atoms with E-state index in [1.165, 1.54) is 0 Å². The van der Waals surface area contributed by atoms with Crippen molar-refractivity contribution >= 4 is 23.4 Å². The molecular formula is C23H23NO2S. The van der Waals surface area contributed by atoms with Crippen molar-refractivity contribution in [2.45, 2.75) is 36.2 Å². The third-order valence-corrected chi connectivity index (χ3v) is 5.16. The summed E-state index contributed by atoms with van der Waals surface area (Å²) in [4.78, 5) is 14.9. The molecule has 0 unspecified atom stereocenters.